The van der Waals surface area contributed by atoms with E-state index >= 15 is 0 Å². The van der Waals surface area contributed by atoms with E-state index in [1.807, 2.05) is 0 Å². The first-order valence-corrected chi connectivity index (χ1v) is 4.79. The number of unbranched alkanes of at least 4 members (excludes halogenated alkanes) is 4. The van der Waals surface area contributed by atoms with Crippen molar-refractivity contribution in [2.24, 2.45) is 0 Å². The first-order chi connectivity index (χ1) is 4.91. The minimum absolute atomic E-state index is 0.782. The fourth-order valence-electron chi connectivity index (χ4n) is 0.809. The normalized spacial score (nSPS) is 10.2. The van der Waals surface area contributed by atoms with Gasteiger partial charge in [-0.15, -0.1) is 0 Å². The highest BCUT2D eigenvalue weighted by Crippen LogP contribution is 2.03. The van der Waals surface area contributed by atoms with Crippen LogP contribution in [0.3, 0.4) is 0 Å². The van der Waals surface area contributed by atoms with Gasteiger partial charge in [-0.3, -0.25) is 0 Å². The number of thiol groups is 2. The fraction of sp³-hybridized carbons (Fsp3) is 1.00. The predicted octanol–water partition coefficient (Wildman–Crippen LogP) is 2.73. The molecular weight excluding hydrogens is 164 g/mol. The van der Waals surface area contributed by atoms with Crippen LogP contribution >= 0.6 is 25.5 Å². The Morgan fingerprint density at radius 1 is 0.900 bits per heavy atom. The lowest BCUT2D eigenvalue weighted by Gasteiger charge is -1.97. The van der Waals surface area contributed by atoms with E-state index in [0.29, 0.717) is 0 Å². The molecule has 0 aromatic rings. The molecule has 0 rings (SSSR count). The number of hydrogen-bond acceptors (Lipinski definition) is 3. The van der Waals surface area contributed by atoms with Gasteiger partial charge < -0.3 is 4.18 Å². The molecule has 0 aliphatic carbocycles. The third kappa shape index (κ3) is 8.66. The molecule has 0 amide bonds. The Morgan fingerprint density at radius 2 is 1.50 bits per heavy atom. The summed E-state index contributed by atoms with van der Waals surface area (Å²) in [4.78, 5) is 0. The second-order valence-corrected chi connectivity index (χ2v) is 3.03. The molecule has 0 N–H and O–H groups in total. The van der Waals surface area contributed by atoms with E-state index in [1.54, 1.807) is 0 Å². The molecule has 0 fully saturated rings. The first kappa shape index (κ1) is 10.7. The average Bonchev–Trinajstić information content (AvgIpc) is 1.97. The molecule has 0 aliphatic rings. The summed E-state index contributed by atoms with van der Waals surface area (Å²) in [5.41, 5.74) is 0. The van der Waals surface area contributed by atoms with Crippen molar-refractivity contribution >= 4 is 25.5 Å². The minimum Gasteiger partial charge on any atom is -0.319 e. The van der Waals surface area contributed by atoms with Crippen molar-refractivity contribution in [1.82, 2.24) is 0 Å². The Hall–Kier alpha value is 0.660. The highest BCUT2D eigenvalue weighted by molar-refractivity contribution is 7.80. The lowest BCUT2D eigenvalue weighted by Crippen LogP contribution is -1.85. The van der Waals surface area contributed by atoms with Gasteiger partial charge in [0.1, 0.15) is 0 Å². The molecule has 0 spiro atoms. The van der Waals surface area contributed by atoms with Crippen LogP contribution in [0.2, 0.25) is 0 Å². The zero-order valence-corrected chi connectivity index (χ0v) is 8.04. The summed E-state index contributed by atoms with van der Waals surface area (Å²) >= 11 is 7.78. The van der Waals surface area contributed by atoms with Crippen LogP contribution in [-0.4, -0.2) is 12.4 Å². The SMILES string of the molecule is SCCCCCCCOS. The quantitative estimate of drug-likeness (QED) is 0.348. The van der Waals surface area contributed by atoms with E-state index in [9.17, 15) is 0 Å². The van der Waals surface area contributed by atoms with Gasteiger partial charge in [-0.05, 0) is 31.5 Å². The molecule has 0 saturated heterocycles. The van der Waals surface area contributed by atoms with Crippen LogP contribution in [-0.2, 0) is 4.18 Å². The molecule has 0 heterocycles. The van der Waals surface area contributed by atoms with E-state index in [1.165, 1.54) is 25.7 Å². The van der Waals surface area contributed by atoms with Crippen molar-refractivity contribution in [2.45, 2.75) is 32.1 Å². The molecule has 0 aliphatic heterocycles. The molecule has 10 heavy (non-hydrogen) atoms. The number of hydrogen-bond donors (Lipinski definition) is 2. The maximum atomic E-state index is 4.63. The first-order valence-electron chi connectivity index (χ1n) is 3.79. The summed E-state index contributed by atoms with van der Waals surface area (Å²) in [5, 5.41) is 0. The molecule has 0 aromatic heterocycles. The van der Waals surface area contributed by atoms with Crippen LogP contribution in [0, 0.1) is 0 Å². The van der Waals surface area contributed by atoms with Crippen molar-refractivity contribution in [1.29, 1.82) is 0 Å². The van der Waals surface area contributed by atoms with Gasteiger partial charge in [0.25, 0.3) is 0 Å². The highest BCUT2D eigenvalue weighted by atomic mass is 32.1. The van der Waals surface area contributed by atoms with Gasteiger partial charge in [0.15, 0.2) is 0 Å². The van der Waals surface area contributed by atoms with Crippen molar-refractivity contribution in [2.75, 3.05) is 12.4 Å². The van der Waals surface area contributed by atoms with E-state index in [-0.39, 0.29) is 0 Å². The molecular formula is C7H16OS2. The Labute approximate surface area is 74.6 Å². The molecule has 0 saturated carbocycles. The Bertz CT molecular complexity index is 51.6. The minimum atomic E-state index is 0.782. The molecule has 3 heteroatoms. The van der Waals surface area contributed by atoms with Crippen molar-refractivity contribution in [3.8, 4) is 0 Å². The maximum Gasteiger partial charge on any atom is 0.0610 e. The summed E-state index contributed by atoms with van der Waals surface area (Å²) < 4.78 is 4.63. The standard InChI is InChI=1S/C7H16OS2/c9-7-5-3-1-2-4-6-8-10/h9-10H,1-7H2. The second-order valence-electron chi connectivity index (χ2n) is 2.32. The topological polar surface area (TPSA) is 9.23 Å². The summed E-state index contributed by atoms with van der Waals surface area (Å²) in [7, 11) is 0. The molecule has 0 aromatic carbocycles. The Kier molecular flexibility index (Phi) is 10.3. The van der Waals surface area contributed by atoms with Crippen molar-refractivity contribution < 1.29 is 4.18 Å². The zero-order chi connectivity index (χ0) is 7.66. The molecule has 62 valence electrons. The van der Waals surface area contributed by atoms with Crippen LogP contribution < -0.4 is 0 Å². The van der Waals surface area contributed by atoms with Gasteiger partial charge in [0.2, 0.25) is 0 Å². The second kappa shape index (κ2) is 9.66. The lowest BCUT2D eigenvalue weighted by atomic mass is 10.2. The van der Waals surface area contributed by atoms with Crippen LogP contribution in [0.4, 0.5) is 0 Å². The third-order valence-electron chi connectivity index (χ3n) is 1.39. The summed E-state index contributed by atoms with van der Waals surface area (Å²) in [5.74, 6) is 1.02. The lowest BCUT2D eigenvalue weighted by molar-refractivity contribution is 0.362. The molecule has 0 unspecified atom stereocenters. The summed E-state index contributed by atoms with van der Waals surface area (Å²) in [6.07, 6.45) is 6.24. The molecule has 0 bridgehead atoms. The number of rotatable bonds is 7. The molecule has 0 atom stereocenters. The summed E-state index contributed by atoms with van der Waals surface area (Å²) in [6, 6.07) is 0. The van der Waals surface area contributed by atoms with Gasteiger partial charge in [0.05, 0.1) is 6.61 Å². The Morgan fingerprint density at radius 3 is 2.10 bits per heavy atom. The largest absolute Gasteiger partial charge is 0.319 e. The maximum absolute atomic E-state index is 4.63. The Balaban J connectivity index is 2.65. The van der Waals surface area contributed by atoms with Crippen LogP contribution in [0.25, 0.3) is 0 Å². The van der Waals surface area contributed by atoms with E-state index in [0.717, 1.165) is 18.8 Å². The molecule has 0 radical (unpaired) electrons. The van der Waals surface area contributed by atoms with E-state index in [4.69, 9.17) is 0 Å². The van der Waals surface area contributed by atoms with Crippen LogP contribution in [0.5, 0.6) is 0 Å². The average molecular weight is 180 g/mol. The van der Waals surface area contributed by atoms with E-state index in [2.05, 4.69) is 29.7 Å². The van der Waals surface area contributed by atoms with Gasteiger partial charge in [0, 0.05) is 0 Å². The van der Waals surface area contributed by atoms with Gasteiger partial charge in [-0.2, -0.15) is 12.6 Å². The van der Waals surface area contributed by atoms with Gasteiger partial charge in [-0.25, -0.2) is 0 Å². The van der Waals surface area contributed by atoms with Gasteiger partial charge >= 0.3 is 0 Å². The molecule has 1 nitrogen and oxygen atoms in total. The van der Waals surface area contributed by atoms with Gasteiger partial charge in [-0.1, -0.05) is 19.3 Å². The fourth-order valence-corrected chi connectivity index (χ4v) is 1.16. The summed E-state index contributed by atoms with van der Waals surface area (Å²) in [6.45, 7) is 0.782. The van der Waals surface area contributed by atoms with Crippen molar-refractivity contribution in [3.05, 3.63) is 0 Å². The van der Waals surface area contributed by atoms with E-state index < -0.39 is 0 Å². The van der Waals surface area contributed by atoms with Crippen LogP contribution in [0.1, 0.15) is 32.1 Å². The third-order valence-corrected chi connectivity index (χ3v) is 1.89. The highest BCUT2D eigenvalue weighted by Gasteiger charge is 1.88. The van der Waals surface area contributed by atoms with Crippen LogP contribution in [0.15, 0.2) is 0 Å². The van der Waals surface area contributed by atoms with Crippen molar-refractivity contribution in [3.63, 3.8) is 0 Å². The monoisotopic (exact) mass is 180 g/mol. The smallest absolute Gasteiger partial charge is 0.0610 e. The predicted molar refractivity (Wildman–Crippen MR) is 51.9 cm³/mol. The zero-order valence-electron chi connectivity index (χ0n) is 6.25.